The lowest BCUT2D eigenvalue weighted by Gasteiger charge is -2.29. The lowest BCUT2D eigenvalue weighted by atomic mass is 10.1. The number of thiocarbonyl (C=S) groups is 1. The number of halogens is 2. The highest BCUT2D eigenvalue weighted by atomic mass is 32.1. The first-order valence-electron chi connectivity index (χ1n) is 7.84. The van der Waals surface area contributed by atoms with Gasteiger partial charge in [-0.05, 0) is 50.7 Å². The third kappa shape index (κ3) is 6.30. The number of likely N-dealkylation sites (N-methyl/N-ethyl adjacent to an activating group) is 1. The molecule has 0 aliphatic rings. The van der Waals surface area contributed by atoms with Gasteiger partial charge in [-0.3, -0.25) is 0 Å². The Morgan fingerprint density at radius 2 is 1.96 bits per heavy atom. The molecule has 2 aromatic rings. The summed E-state index contributed by atoms with van der Waals surface area (Å²) in [5.74, 6) is -1.19. The SMILES string of the molecule is CCN(CC(C)(C)O)C(=S)Nc1ncc(Cc2cc(F)cc(F)c2)s1. The molecule has 1 aromatic carbocycles. The Bertz CT molecular complexity index is 723. The number of aromatic nitrogens is 1. The summed E-state index contributed by atoms with van der Waals surface area (Å²) in [6, 6.07) is 3.47. The second kappa shape index (κ2) is 8.16. The zero-order valence-electron chi connectivity index (χ0n) is 14.3. The molecule has 0 aliphatic heterocycles. The number of anilines is 1. The molecule has 0 aliphatic carbocycles. The largest absolute Gasteiger partial charge is 0.389 e. The number of thiazole rings is 1. The molecule has 2 N–H and O–H groups in total. The van der Waals surface area contributed by atoms with Gasteiger partial charge in [0, 0.05) is 36.7 Å². The summed E-state index contributed by atoms with van der Waals surface area (Å²) in [5.41, 5.74) is -0.315. The summed E-state index contributed by atoms with van der Waals surface area (Å²) in [5, 5.41) is 14.1. The lowest BCUT2D eigenvalue weighted by Crippen LogP contribution is -2.43. The molecule has 1 heterocycles. The Labute approximate surface area is 155 Å². The van der Waals surface area contributed by atoms with Gasteiger partial charge in [-0.2, -0.15) is 0 Å². The van der Waals surface area contributed by atoms with E-state index >= 15 is 0 Å². The first-order chi connectivity index (χ1) is 11.7. The highest BCUT2D eigenvalue weighted by Gasteiger charge is 2.19. The molecule has 8 heteroatoms. The minimum absolute atomic E-state index is 0.391. The Kier molecular flexibility index (Phi) is 6.42. The van der Waals surface area contributed by atoms with Crippen LogP contribution in [0.1, 0.15) is 31.2 Å². The van der Waals surface area contributed by atoms with Crippen LogP contribution in [0, 0.1) is 11.6 Å². The predicted octanol–water partition coefficient (Wildman–Crippen LogP) is 3.80. The van der Waals surface area contributed by atoms with Gasteiger partial charge in [-0.25, -0.2) is 13.8 Å². The Hall–Kier alpha value is -1.64. The fourth-order valence-electron chi connectivity index (χ4n) is 2.33. The average Bonchev–Trinajstić information content (AvgIpc) is 2.89. The van der Waals surface area contributed by atoms with Crippen LogP contribution in [0.5, 0.6) is 0 Å². The molecule has 1 aromatic heterocycles. The van der Waals surface area contributed by atoms with Crippen molar-refractivity contribution in [1.82, 2.24) is 9.88 Å². The van der Waals surface area contributed by atoms with Gasteiger partial charge < -0.3 is 15.3 Å². The Morgan fingerprint density at radius 3 is 2.52 bits per heavy atom. The number of aliphatic hydroxyl groups is 1. The number of benzene rings is 1. The van der Waals surface area contributed by atoms with E-state index in [1.54, 1.807) is 20.0 Å². The first kappa shape index (κ1) is 19.7. The van der Waals surface area contributed by atoms with Crippen molar-refractivity contribution in [3.05, 3.63) is 46.5 Å². The highest BCUT2D eigenvalue weighted by Crippen LogP contribution is 2.22. The summed E-state index contributed by atoms with van der Waals surface area (Å²) >= 11 is 6.74. The van der Waals surface area contributed by atoms with E-state index in [2.05, 4.69) is 10.3 Å². The standard InChI is InChI=1S/C17H21F2N3OS2/c1-4-22(10-17(2,3)23)16(24)21-15-20-9-14(25-15)7-11-5-12(18)8-13(19)6-11/h5-6,8-9,23H,4,7,10H2,1-3H3,(H,20,21,24). The van der Waals surface area contributed by atoms with Gasteiger partial charge >= 0.3 is 0 Å². The van der Waals surface area contributed by atoms with E-state index < -0.39 is 17.2 Å². The number of nitrogens with zero attached hydrogens (tertiary/aromatic N) is 2. The van der Waals surface area contributed by atoms with Gasteiger partial charge in [0.25, 0.3) is 0 Å². The van der Waals surface area contributed by atoms with Crippen LogP contribution in [0.2, 0.25) is 0 Å². The molecule has 0 spiro atoms. The van der Waals surface area contributed by atoms with Crippen molar-refractivity contribution in [3.8, 4) is 0 Å². The van der Waals surface area contributed by atoms with E-state index in [1.807, 2.05) is 11.8 Å². The summed E-state index contributed by atoms with van der Waals surface area (Å²) in [6.07, 6.45) is 2.05. The summed E-state index contributed by atoms with van der Waals surface area (Å²) < 4.78 is 26.5. The van der Waals surface area contributed by atoms with Gasteiger partial charge in [-0.1, -0.05) is 0 Å². The highest BCUT2D eigenvalue weighted by molar-refractivity contribution is 7.80. The smallest absolute Gasteiger partial charge is 0.189 e. The van der Waals surface area contributed by atoms with E-state index in [0.717, 1.165) is 10.9 Å². The second-order valence-corrected chi connectivity index (χ2v) is 7.84. The van der Waals surface area contributed by atoms with Gasteiger partial charge in [0.2, 0.25) is 0 Å². The zero-order chi connectivity index (χ0) is 18.6. The quantitative estimate of drug-likeness (QED) is 0.741. The summed E-state index contributed by atoms with van der Waals surface area (Å²) in [6.45, 7) is 6.44. The maximum atomic E-state index is 13.3. The molecule has 2 rings (SSSR count). The molecule has 0 fully saturated rings. The van der Waals surface area contributed by atoms with Crippen LogP contribution in [0.25, 0.3) is 0 Å². The van der Waals surface area contributed by atoms with E-state index in [1.165, 1.54) is 23.5 Å². The van der Waals surface area contributed by atoms with Gasteiger partial charge in [-0.15, -0.1) is 11.3 Å². The third-order valence-electron chi connectivity index (χ3n) is 3.31. The maximum Gasteiger partial charge on any atom is 0.189 e. The number of hydrogen-bond donors (Lipinski definition) is 2. The molecule has 0 saturated heterocycles. The second-order valence-electron chi connectivity index (χ2n) is 6.34. The molecule has 25 heavy (non-hydrogen) atoms. The van der Waals surface area contributed by atoms with E-state index in [0.29, 0.717) is 35.3 Å². The molecule has 0 radical (unpaired) electrons. The third-order valence-corrected chi connectivity index (χ3v) is 4.59. The van der Waals surface area contributed by atoms with Crippen molar-refractivity contribution in [2.75, 3.05) is 18.4 Å². The molecule has 0 atom stereocenters. The molecular formula is C17H21F2N3OS2. The maximum absolute atomic E-state index is 13.3. The molecule has 0 bridgehead atoms. The Morgan fingerprint density at radius 1 is 1.32 bits per heavy atom. The fraction of sp³-hybridized carbons (Fsp3) is 0.412. The molecule has 4 nitrogen and oxygen atoms in total. The van der Waals surface area contributed by atoms with Crippen LogP contribution >= 0.6 is 23.6 Å². The monoisotopic (exact) mass is 385 g/mol. The van der Waals surface area contributed by atoms with E-state index in [-0.39, 0.29) is 0 Å². The number of nitrogens with one attached hydrogen (secondary N) is 1. The molecule has 0 saturated carbocycles. The van der Waals surface area contributed by atoms with Gasteiger partial charge in [0.15, 0.2) is 10.2 Å². The summed E-state index contributed by atoms with van der Waals surface area (Å²) in [4.78, 5) is 6.96. The van der Waals surface area contributed by atoms with Crippen LogP contribution in [-0.4, -0.2) is 38.8 Å². The van der Waals surface area contributed by atoms with Crippen molar-refractivity contribution in [1.29, 1.82) is 0 Å². The summed E-state index contributed by atoms with van der Waals surface area (Å²) in [7, 11) is 0. The molecule has 0 unspecified atom stereocenters. The van der Waals surface area contributed by atoms with Crippen LogP contribution in [-0.2, 0) is 6.42 Å². The number of rotatable bonds is 6. The van der Waals surface area contributed by atoms with Crippen LogP contribution < -0.4 is 5.32 Å². The Balaban J connectivity index is 2.02. The first-order valence-corrected chi connectivity index (χ1v) is 9.07. The van der Waals surface area contributed by atoms with Crippen LogP contribution in [0.3, 0.4) is 0 Å². The molecular weight excluding hydrogens is 364 g/mol. The normalized spacial score (nSPS) is 11.4. The van der Waals surface area contributed by atoms with Crippen molar-refractivity contribution < 1.29 is 13.9 Å². The number of hydrogen-bond acceptors (Lipinski definition) is 4. The van der Waals surface area contributed by atoms with E-state index in [4.69, 9.17) is 12.2 Å². The molecule has 136 valence electrons. The van der Waals surface area contributed by atoms with E-state index in [9.17, 15) is 13.9 Å². The van der Waals surface area contributed by atoms with Crippen molar-refractivity contribution >= 4 is 33.8 Å². The van der Waals surface area contributed by atoms with Gasteiger partial charge in [0.1, 0.15) is 11.6 Å². The van der Waals surface area contributed by atoms with Crippen molar-refractivity contribution in [3.63, 3.8) is 0 Å². The average molecular weight is 386 g/mol. The van der Waals surface area contributed by atoms with Crippen molar-refractivity contribution in [2.24, 2.45) is 0 Å². The minimum Gasteiger partial charge on any atom is -0.389 e. The zero-order valence-corrected chi connectivity index (χ0v) is 16.0. The fourth-order valence-corrected chi connectivity index (χ4v) is 3.53. The van der Waals surface area contributed by atoms with Crippen LogP contribution in [0.4, 0.5) is 13.9 Å². The minimum atomic E-state index is -0.864. The lowest BCUT2D eigenvalue weighted by molar-refractivity contribution is 0.0578. The van der Waals surface area contributed by atoms with Crippen molar-refractivity contribution in [2.45, 2.75) is 32.8 Å². The molecule has 0 amide bonds. The van der Waals surface area contributed by atoms with Gasteiger partial charge in [0.05, 0.1) is 5.60 Å². The van der Waals surface area contributed by atoms with Crippen LogP contribution in [0.15, 0.2) is 24.4 Å². The topological polar surface area (TPSA) is 48.4 Å². The predicted molar refractivity (Wildman–Crippen MR) is 101 cm³/mol.